The molecular weight excluding hydrogens is 314 g/mol. The van der Waals surface area contributed by atoms with Crippen LogP contribution in [0.3, 0.4) is 0 Å². The fourth-order valence-corrected chi connectivity index (χ4v) is 2.72. The molecule has 0 radical (unpaired) electrons. The minimum atomic E-state index is 0.380. The van der Waals surface area contributed by atoms with Crippen LogP contribution >= 0.6 is 0 Å². The molecule has 4 rings (SSSR count). The lowest BCUT2D eigenvalue weighted by molar-refractivity contribution is 0.310. The zero-order valence-corrected chi connectivity index (χ0v) is 14.7. The van der Waals surface area contributed by atoms with Gasteiger partial charge in [0.1, 0.15) is 5.82 Å². The molecule has 25 heavy (non-hydrogen) atoms. The Morgan fingerprint density at radius 3 is 2.52 bits per heavy atom. The number of hydrogen-bond acceptors (Lipinski definition) is 6. The van der Waals surface area contributed by atoms with Crippen LogP contribution < -0.4 is 15.4 Å². The Bertz CT molecular complexity index is 714. The highest BCUT2D eigenvalue weighted by Gasteiger charge is 2.09. The highest BCUT2D eigenvalue weighted by Crippen LogP contribution is 2.16. The number of rotatable bonds is 2. The Balaban J connectivity index is 1.87. The molecule has 0 fully saturated rings. The van der Waals surface area contributed by atoms with E-state index in [4.69, 9.17) is 4.74 Å². The smallest absolute Gasteiger partial charge is 0.321 e. The van der Waals surface area contributed by atoms with Gasteiger partial charge in [-0.15, -0.1) is 0 Å². The Hall–Kier alpha value is -2.63. The average molecular weight is 339 g/mol. The summed E-state index contributed by atoms with van der Waals surface area (Å²) in [6, 6.07) is 8.72. The van der Waals surface area contributed by atoms with E-state index in [1.54, 1.807) is 0 Å². The van der Waals surface area contributed by atoms with Crippen molar-refractivity contribution in [3.05, 3.63) is 47.8 Å². The molecule has 2 aliphatic heterocycles. The van der Waals surface area contributed by atoms with Crippen molar-refractivity contribution < 1.29 is 4.74 Å². The standard InChI is InChI=1S/C19H25N5O/c1-3-25-19-23-17-13-15-7-9-16(10-8-15)14(2)20-11-5-4-6-12-21-18(22-17)24-19/h7-10,20H,2-6,11-13H2,1H3,(H,21,22,23,24). The summed E-state index contributed by atoms with van der Waals surface area (Å²) in [5.41, 5.74) is 3.23. The molecule has 6 heteroatoms. The summed E-state index contributed by atoms with van der Waals surface area (Å²) in [6.07, 6.45) is 3.93. The van der Waals surface area contributed by atoms with Crippen LogP contribution in [-0.4, -0.2) is 34.6 Å². The molecular formula is C19H25N5O. The highest BCUT2D eigenvalue weighted by atomic mass is 16.5. The fourth-order valence-electron chi connectivity index (χ4n) is 2.72. The Kier molecular flexibility index (Phi) is 5.82. The first-order valence-electron chi connectivity index (χ1n) is 8.88. The van der Waals surface area contributed by atoms with Crippen molar-refractivity contribution in [3.63, 3.8) is 0 Å². The normalized spacial score (nSPS) is 15.3. The third-order valence-electron chi connectivity index (χ3n) is 4.07. The molecule has 4 bridgehead atoms. The first kappa shape index (κ1) is 17.2. The third-order valence-corrected chi connectivity index (χ3v) is 4.07. The van der Waals surface area contributed by atoms with Crippen molar-refractivity contribution in [2.24, 2.45) is 0 Å². The molecule has 0 saturated carbocycles. The second-order valence-corrected chi connectivity index (χ2v) is 6.06. The van der Waals surface area contributed by atoms with E-state index in [9.17, 15) is 0 Å². The van der Waals surface area contributed by atoms with E-state index in [-0.39, 0.29) is 0 Å². The summed E-state index contributed by atoms with van der Waals surface area (Å²) in [5.74, 6) is 1.29. The molecule has 1 aromatic heterocycles. The van der Waals surface area contributed by atoms with Gasteiger partial charge in [-0.3, -0.25) is 0 Å². The largest absolute Gasteiger partial charge is 0.464 e. The second-order valence-electron chi connectivity index (χ2n) is 6.06. The second kappa shape index (κ2) is 8.46. The Morgan fingerprint density at radius 1 is 1.00 bits per heavy atom. The van der Waals surface area contributed by atoms with Gasteiger partial charge in [0.15, 0.2) is 0 Å². The summed E-state index contributed by atoms with van der Waals surface area (Å²) in [4.78, 5) is 13.3. The number of benzene rings is 1. The number of ether oxygens (including phenoxy) is 1. The lowest BCUT2D eigenvalue weighted by Crippen LogP contribution is -2.14. The maximum atomic E-state index is 5.49. The summed E-state index contributed by atoms with van der Waals surface area (Å²) >= 11 is 0. The minimum absolute atomic E-state index is 0.380. The molecule has 1 aromatic carbocycles. The zero-order chi connectivity index (χ0) is 17.5. The van der Waals surface area contributed by atoms with Gasteiger partial charge in [0.05, 0.1) is 6.61 Å². The molecule has 0 unspecified atom stereocenters. The molecule has 2 N–H and O–H groups in total. The topological polar surface area (TPSA) is 72.0 Å². The van der Waals surface area contributed by atoms with Crippen LogP contribution in [0.5, 0.6) is 6.01 Å². The first-order valence-corrected chi connectivity index (χ1v) is 8.88. The van der Waals surface area contributed by atoms with Crippen LogP contribution in [0.25, 0.3) is 5.70 Å². The minimum Gasteiger partial charge on any atom is -0.464 e. The van der Waals surface area contributed by atoms with Crippen molar-refractivity contribution in [2.75, 3.05) is 25.0 Å². The molecule has 0 aliphatic carbocycles. The van der Waals surface area contributed by atoms with E-state index in [1.165, 1.54) is 0 Å². The third kappa shape index (κ3) is 4.92. The van der Waals surface area contributed by atoms with E-state index < -0.39 is 0 Å². The highest BCUT2D eigenvalue weighted by molar-refractivity contribution is 5.61. The lowest BCUT2D eigenvalue weighted by Gasteiger charge is -2.12. The van der Waals surface area contributed by atoms with Crippen molar-refractivity contribution in [1.82, 2.24) is 20.3 Å². The molecule has 2 aromatic rings. The van der Waals surface area contributed by atoms with Crippen LogP contribution in [-0.2, 0) is 6.42 Å². The number of anilines is 1. The van der Waals surface area contributed by atoms with Crippen LogP contribution in [0.4, 0.5) is 5.95 Å². The van der Waals surface area contributed by atoms with Gasteiger partial charge in [-0.1, -0.05) is 30.8 Å². The molecule has 6 nitrogen and oxygen atoms in total. The number of hydrogen-bond donors (Lipinski definition) is 2. The molecule has 0 saturated heterocycles. The SMILES string of the molecule is C=C1NCCCCCNc2nc(nc(OCC)n2)Cc2ccc1cc2. The van der Waals surface area contributed by atoms with Gasteiger partial charge >= 0.3 is 6.01 Å². The first-order chi connectivity index (χ1) is 12.2. The van der Waals surface area contributed by atoms with Crippen molar-refractivity contribution in [2.45, 2.75) is 32.6 Å². The van der Waals surface area contributed by atoms with Gasteiger partial charge in [-0.2, -0.15) is 15.0 Å². The van der Waals surface area contributed by atoms with Gasteiger partial charge in [-0.25, -0.2) is 0 Å². The van der Waals surface area contributed by atoms with Gasteiger partial charge in [0, 0.05) is 25.2 Å². The van der Waals surface area contributed by atoms with Crippen molar-refractivity contribution in [1.29, 1.82) is 0 Å². The number of nitrogens with zero attached hydrogens (tertiary/aromatic N) is 3. The summed E-state index contributed by atoms with van der Waals surface area (Å²) in [5, 5.41) is 6.69. The van der Waals surface area contributed by atoms with Crippen molar-refractivity contribution in [3.8, 4) is 6.01 Å². The molecule has 2 aliphatic rings. The lowest BCUT2D eigenvalue weighted by atomic mass is 10.1. The Morgan fingerprint density at radius 2 is 1.76 bits per heavy atom. The van der Waals surface area contributed by atoms with E-state index in [1.807, 2.05) is 6.92 Å². The number of nitrogens with one attached hydrogen (secondary N) is 2. The number of fused-ring (bicyclic) bond motifs is 9. The van der Waals surface area contributed by atoms with E-state index in [2.05, 4.69) is 56.4 Å². The predicted molar refractivity (Wildman–Crippen MR) is 99.6 cm³/mol. The van der Waals surface area contributed by atoms with Gasteiger partial charge in [0.2, 0.25) is 5.95 Å². The van der Waals surface area contributed by atoms with Crippen LogP contribution in [0.2, 0.25) is 0 Å². The summed E-state index contributed by atoms with van der Waals surface area (Å²) in [7, 11) is 0. The molecule has 0 atom stereocenters. The van der Waals surface area contributed by atoms with Crippen LogP contribution in [0.15, 0.2) is 30.8 Å². The maximum Gasteiger partial charge on any atom is 0.321 e. The van der Waals surface area contributed by atoms with E-state index in [0.29, 0.717) is 30.8 Å². The molecule has 0 amide bonds. The molecule has 132 valence electrons. The zero-order valence-electron chi connectivity index (χ0n) is 14.7. The van der Waals surface area contributed by atoms with Gasteiger partial charge in [0.25, 0.3) is 0 Å². The Labute approximate surface area is 148 Å². The number of aromatic nitrogens is 3. The monoisotopic (exact) mass is 339 g/mol. The predicted octanol–water partition coefficient (Wildman–Crippen LogP) is 3.02. The molecule has 3 heterocycles. The maximum absolute atomic E-state index is 5.49. The van der Waals surface area contributed by atoms with E-state index >= 15 is 0 Å². The fraction of sp³-hybridized carbons (Fsp3) is 0.421. The summed E-state index contributed by atoms with van der Waals surface area (Å²) < 4.78 is 5.49. The quantitative estimate of drug-likeness (QED) is 0.876. The molecule has 0 spiro atoms. The van der Waals surface area contributed by atoms with Crippen molar-refractivity contribution >= 4 is 11.6 Å². The van der Waals surface area contributed by atoms with Gasteiger partial charge in [-0.05, 0) is 37.3 Å². The van der Waals surface area contributed by atoms with Crippen LogP contribution in [0.1, 0.15) is 43.1 Å². The van der Waals surface area contributed by atoms with Gasteiger partial charge < -0.3 is 15.4 Å². The van der Waals surface area contributed by atoms with Crippen LogP contribution in [0, 0.1) is 0 Å². The van der Waals surface area contributed by atoms with E-state index in [0.717, 1.165) is 49.2 Å². The summed E-state index contributed by atoms with van der Waals surface area (Å²) in [6.45, 7) is 8.36. The average Bonchev–Trinajstić information content (AvgIpc) is 2.61.